The number of nitrogens with zero attached hydrogens (tertiary/aromatic N) is 2. The summed E-state index contributed by atoms with van der Waals surface area (Å²) in [5, 5.41) is 3.15. The number of ether oxygens (including phenoxy) is 1. The minimum absolute atomic E-state index is 0.125. The maximum atomic E-state index is 13.6. The van der Waals surface area contributed by atoms with Crippen molar-refractivity contribution < 1.29 is 22.7 Å². The van der Waals surface area contributed by atoms with Gasteiger partial charge in [-0.1, -0.05) is 51.0 Å². The largest absolute Gasteiger partial charge is 0.497 e. The van der Waals surface area contributed by atoms with Crippen LogP contribution in [0.1, 0.15) is 69.9 Å². The average molecular weight is 558 g/mol. The number of aryl methyl sites for hydroxylation is 1. The van der Waals surface area contributed by atoms with Gasteiger partial charge in [-0.3, -0.25) is 13.9 Å². The van der Waals surface area contributed by atoms with Gasteiger partial charge in [0.05, 0.1) is 19.1 Å². The molecule has 0 radical (unpaired) electrons. The van der Waals surface area contributed by atoms with E-state index in [0.29, 0.717) is 18.5 Å². The summed E-state index contributed by atoms with van der Waals surface area (Å²) in [6.45, 7) is 4.42. The highest BCUT2D eigenvalue weighted by atomic mass is 32.2. The van der Waals surface area contributed by atoms with Gasteiger partial charge >= 0.3 is 0 Å². The second-order valence-electron chi connectivity index (χ2n) is 10.2. The molecule has 3 rings (SSSR count). The van der Waals surface area contributed by atoms with Gasteiger partial charge in [-0.15, -0.1) is 0 Å². The molecule has 9 heteroatoms. The Morgan fingerprint density at radius 3 is 2.15 bits per heavy atom. The van der Waals surface area contributed by atoms with Crippen LogP contribution in [0.25, 0.3) is 0 Å². The van der Waals surface area contributed by atoms with Gasteiger partial charge in [0.25, 0.3) is 0 Å². The standard InChI is InChI=1S/C30H43N3O5S/c1-5-23-13-17-26(18-14-23)33(39(4,36)37)21-9-12-29(34)32(22-24-15-19-27(38-3)20-16-24)28(6-2)30(35)31-25-10-7-8-11-25/h13-20,25,28H,5-12,21-22H2,1-4H3,(H,31,35)/t28-/m0/s1. The van der Waals surface area contributed by atoms with E-state index in [-0.39, 0.29) is 37.4 Å². The zero-order valence-corrected chi connectivity index (χ0v) is 24.5. The average Bonchev–Trinajstić information content (AvgIpc) is 3.43. The normalized spacial score (nSPS) is 14.6. The van der Waals surface area contributed by atoms with E-state index in [1.807, 2.05) is 50.2 Å². The molecule has 0 aromatic heterocycles. The number of carbonyl (C=O) groups excluding carboxylic acids is 2. The summed E-state index contributed by atoms with van der Waals surface area (Å²) in [6.07, 6.45) is 7.14. The molecule has 0 aliphatic heterocycles. The first kappa shape index (κ1) is 30.5. The maximum Gasteiger partial charge on any atom is 0.243 e. The molecule has 1 aliphatic carbocycles. The second-order valence-corrected chi connectivity index (χ2v) is 12.1. The fraction of sp³-hybridized carbons (Fsp3) is 0.533. The monoisotopic (exact) mass is 557 g/mol. The van der Waals surface area contributed by atoms with Crippen molar-refractivity contribution in [1.29, 1.82) is 0 Å². The summed E-state index contributed by atoms with van der Waals surface area (Å²) >= 11 is 0. The van der Waals surface area contributed by atoms with E-state index in [0.717, 1.165) is 49.0 Å². The number of anilines is 1. The molecule has 0 bridgehead atoms. The molecule has 2 aromatic carbocycles. The lowest BCUT2D eigenvalue weighted by atomic mass is 10.1. The topological polar surface area (TPSA) is 96.0 Å². The van der Waals surface area contributed by atoms with E-state index in [2.05, 4.69) is 5.32 Å². The van der Waals surface area contributed by atoms with Crippen molar-refractivity contribution in [2.75, 3.05) is 24.2 Å². The van der Waals surface area contributed by atoms with Crippen molar-refractivity contribution >= 4 is 27.5 Å². The number of carbonyl (C=O) groups is 2. The van der Waals surface area contributed by atoms with Gasteiger partial charge in [0, 0.05) is 25.6 Å². The third-order valence-electron chi connectivity index (χ3n) is 7.38. The van der Waals surface area contributed by atoms with Crippen molar-refractivity contribution in [2.24, 2.45) is 0 Å². The molecule has 2 aromatic rings. The molecule has 1 saturated carbocycles. The number of amides is 2. The van der Waals surface area contributed by atoms with Crippen molar-refractivity contribution in [2.45, 2.75) is 83.8 Å². The molecule has 1 aliphatic rings. The summed E-state index contributed by atoms with van der Waals surface area (Å²) in [4.78, 5) is 28.6. The molecule has 1 fully saturated rings. The number of rotatable bonds is 14. The first-order valence-corrected chi connectivity index (χ1v) is 15.8. The van der Waals surface area contributed by atoms with Crippen LogP contribution in [0, 0.1) is 0 Å². The van der Waals surface area contributed by atoms with Gasteiger partial charge in [0.15, 0.2) is 0 Å². The maximum absolute atomic E-state index is 13.6. The van der Waals surface area contributed by atoms with Gasteiger partial charge in [0.1, 0.15) is 11.8 Å². The molecule has 1 atom stereocenters. The predicted octanol–water partition coefficient (Wildman–Crippen LogP) is 4.67. The van der Waals surface area contributed by atoms with E-state index in [4.69, 9.17) is 4.74 Å². The van der Waals surface area contributed by atoms with E-state index in [1.54, 1.807) is 24.1 Å². The van der Waals surface area contributed by atoms with Crippen molar-refractivity contribution in [3.8, 4) is 5.75 Å². The third kappa shape index (κ3) is 8.71. The van der Waals surface area contributed by atoms with Crippen LogP contribution >= 0.6 is 0 Å². The second kappa shape index (κ2) is 14.4. The van der Waals surface area contributed by atoms with Crippen LogP contribution in [0.5, 0.6) is 5.75 Å². The van der Waals surface area contributed by atoms with Crippen LogP contribution in [-0.2, 0) is 32.6 Å². The fourth-order valence-electron chi connectivity index (χ4n) is 5.12. The zero-order valence-electron chi connectivity index (χ0n) is 23.7. The quantitative estimate of drug-likeness (QED) is 0.364. The SMILES string of the molecule is CCc1ccc(N(CCCC(=O)N(Cc2ccc(OC)cc2)[C@@H](CC)C(=O)NC2CCCC2)S(C)(=O)=O)cc1. The predicted molar refractivity (Wildman–Crippen MR) is 155 cm³/mol. The number of nitrogens with one attached hydrogen (secondary N) is 1. The van der Waals surface area contributed by atoms with E-state index >= 15 is 0 Å². The summed E-state index contributed by atoms with van der Waals surface area (Å²) in [5.41, 5.74) is 2.60. The highest BCUT2D eigenvalue weighted by Gasteiger charge is 2.30. The van der Waals surface area contributed by atoms with Crippen molar-refractivity contribution in [3.63, 3.8) is 0 Å². The molecule has 39 heavy (non-hydrogen) atoms. The van der Waals surface area contributed by atoms with Crippen molar-refractivity contribution in [3.05, 3.63) is 59.7 Å². The number of benzene rings is 2. The zero-order chi connectivity index (χ0) is 28.4. The molecule has 0 unspecified atom stereocenters. The Morgan fingerprint density at radius 2 is 1.62 bits per heavy atom. The van der Waals surface area contributed by atoms with Crippen LogP contribution in [0.3, 0.4) is 0 Å². The first-order valence-electron chi connectivity index (χ1n) is 14.0. The Kier molecular flexibility index (Phi) is 11.2. The molecule has 8 nitrogen and oxygen atoms in total. The molecular weight excluding hydrogens is 514 g/mol. The Balaban J connectivity index is 1.75. The van der Waals surface area contributed by atoms with Gasteiger partial charge in [0.2, 0.25) is 21.8 Å². The van der Waals surface area contributed by atoms with Crippen molar-refractivity contribution in [1.82, 2.24) is 10.2 Å². The molecule has 0 heterocycles. The third-order valence-corrected chi connectivity index (χ3v) is 8.58. The lowest BCUT2D eigenvalue weighted by molar-refractivity contribution is -0.141. The smallest absolute Gasteiger partial charge is 0.243 e. The van der Waals surface area contributed by atoms with Crippen LogP contribution < -0.4 is 14.4 Å². The summed E-state index contributed by atoms with van der Waals surface area (Å²) in [7, 11) is -1.93. The summed E-state index contributed by atoms with van der Waals surface area (Å²) in [6, 6.07) is 14.5. The number of hydrogen-bond acceptors (Lipinski definition) is 5. The van der Waals surface area contributed by atoms with E-state index < -0.39 is 16.1 Å². The highest BCUT2D eigenvalue weighted by Crippen LogP contribution is 2.22. The Labute approximate surface area is 233 Å². The van der Waals surface area contributed by atoms with Gasteiger partial charge < -0.3 is 15.0 Å². The number of methoxy groups -OCH3 is 1. The summed E-state index contributed by atoms with van der Waals surface area (Å²) < 4.78 is 31.7. The summed E-state index contributed by atoms with van der Waals surface area (Å²) in [5.74, 6) is 0.421. The minimum Gasteiger partial charge on any atom is -0.497 e. The van der Waals surface area contributed by atoms with Gasteiger partial charge in [-0.05, 0) is 67.5 Å². The van der Waals surface area contributed by atoms with Crippen LogP contribution in [-0.4, -0.2) is 57.1 Å². The Bertz CT molecular complexity index is 1180. The molecule has 2 amide bonds. The molecule has 214 valence electrons. The van der Waals surface area contributed by atoms with E-state index in [9.17, 15) is 18.0 Å². The highest BCUT2D eigenvalue weighted by molar-refractivity contribution is 7.92. The lowest BCUT2D eigenvalue weighted by Crippen LogP contribution is -2.51. The van der Waals surface area contributed by atoms with E-state index in [1.165, 1.54) is 10.6 Å². The number of hydrogen-bond donors (Lipinski definition) is 1. The van der Waals surface area contributed by atoms with Crippen LogP contribution in [0.2, 0.25) is 0 Å². The molecular formula is C30H43N3O5S. The van der Waals surface area contributed by atoms with Crippen LogP contribution in [0.15, 0.2) is 48.5 Å². The molecule has 0 saturated heterocycles. The number of sulfonamides is 1. The first-order chi connectivity index (χ1) is 18.7. The molecule has 1 N–H and O–H groups in total. The Hall–Kier alpha value is -3.07. The Morgan fingerprint density at radius 1 is 1.00 bits per heavy atom. The van der Waals surface area contributed by atoms with Gasteiger partial charge in [-0.25, -0.2) is 8.42 Å². The minimum atomic E-state index is -3.53. The lowest BCUT2D eigenvalue weighted by Gasteiger charge is -2.32. The fourth-order valence-corrected chi connectivity index (χ4v) is 6.08. The van der Waals surface area contributed by atoms with Crippen LogP contribution in [0.4, 0.5) is 5.69 Å². The van der Waals surface area contributed by atoms with Gasteiger partial charge in [-0.2, -0.15) is 0 Å². The molecule has 0 spiro atoms.